The van der Waals surface area contributed by atoms with Crippen LogP contribution in [0.5, 0.6) is 0 Å². The van der Waals surface area contributed by atoms with Crippen molar-refractivity contribution in [1.29, 1.82) is 0 Å². The van der Waals surface area contributed by atoms with Crippen LogP contribution in [0.15, 0.2) is 28.8 Å². The normalized spacial score (nSPS) is 15.7. The van der Waals surface area contributed by atoms with Crippen molar-refractivity contribution in [1.82, 2.24) is 15.0 Å². The zero-order valence-electron chi connectivity index (χ0n) is 13.8. The third-order valence-electron chi connectivity index (χ3n) is 4.39. The van der Waals surface area contributed by atoms with Gasteiger partial charge in [-0.1, -0.05) is 5.16 Å². The monoisotopic (exact) mass is 314 g/mol. The molecule has 1 aliphatic heterocycles. The Morgan fingerprint density at radius 1 is 1.26 bits per heavy atom. The minimum atomic E-state index is -0.262. The highest BCUT2D eigenvalue weighted by molar-refractivity contribution is 5.94. The summed E-state index contributed by atoms with van der Waals surface area (Å²) in [7, 11) is 1.75. The molecular weight excluding hydrogens is 292 g/mol. The third kappa shape index (κ3) is 3.21. The number of amides is 1. The molecule has 1 atom stereocenters. The van der Waals surface area contributed by atoms with Crippen molar-refractivity contribution in [3.05, 3.63) is 41.5 Å². The Labute approximate surface area is 136 Å². The average molecular weight is 314 g/mol. The summed E-state index contributed by atoms with van der Waals surface area (Å²) in [5.74, 6) is 0.969. The highest BCUT2D eigenvalue weighted by atomic mass is 16.5. The van der Waals surface area contributed by atoms with Gasteiger partial charge < -0.3 is 14.3 Å². The van der Waals surface area contributed by atoms with E-state index in [9.17, 15) is 4.79 Å². The summed E-state index contributed by atoms with van der Waals surface area (Å²) in [6.45, 7) is 5.84. The molecule has 1 amide bonds. The van der Waals surface area contributed by atoms with E-state index in [1.165, 1.54) is 18.5 Å². The van der Waals surface area contributed by atoms with Gasteiger partial charge in [0.05, 0.1) is 0 Å². The number of carbonyl (C=O) groups excluding carboxylic acids is 1. The SMILES string of the molecule is Cc1noc(C(C)N(C)C(=O)c2ccc(N3CCCC3)cc2)n1. The lowest BCUT2D eigenvalue weighted by Crippen LogP contribution is -2.30. The van der Waals surface area contributed by atoms with Crippen LogP contribution >= 0.6 is 0 Å². The number of benzene rings is 1. The van der Waals surface area contributed by atoms with Crippen molar-refractivity contribution in [3.63, 3.8) is 0 Å². The molecule has 0 radical (unpaired) electrons. The predicted octanol–water partition coefficient (Wildman–Crippen LogP) is 2.81. The summed E-state index contributed by atoms with van der Waals surface area (Å²) < 4.78 is 5.16. The number of aromatic nitrogens is 2. The fourth-order valence-electron chi connectivity index (χ4n) is 2.82. The first-order valence-electron chi connectivity index (χ1n) is 7.98. The lowest BCUT2D eigenvalue weighted by Gasteiger charge is -2.23. The van der Waals surface area contributed by atoms with Crippen LogP contribution < -0.4 is 4.90 Å². The summed E-state index contributed by atoms with van der Waals surface area (Å²) in [5.41, 5.74) is 1.85. The molecule has 0 saturated carbocycles. The van der Waals surface area contributed by atoms with Gasteiger partial charge in [0.1, 0.15) is 6.04 Å². The molecule has 0 bridgehead atoms. The first kappa shape index (κ1) is 15.5. The van der Waals surface area contributed by atoms with Crippen LogP contribution in [0.3, 0.4) is 0 Å². The third-order valence-corrected chi connectivity index (χ3v) is 4.39. The molecule has 6 nitrogen and oxygen atoms in total. The average Bonchev–Trinajstić information content (AvgIpc) is 3.24. The summed E-state index contributed by atoms with van der Waals surface area (Å²) in [4.78, 5) is 20.8. The first-order valence-corrected chi connectivity index (χ1v) is 7.98. The number of anilines is 1. The van der Waals surface area contributed by atoms with Gasteiger partial charge in [0.25, 0.3) is 5.91 Å². The van der Waals surface area contributed by atoms with Crippen molar-refractivity contribution in [3.8, 4) is 0 Å². The van der Waals surface area contributed by atoms with Crippen molar-refractivity contribution < 1.29 is 9.32 Å². The smallest absolute Gasteiger partial charge is 0.254 e. The van der Waals surface area contributed by atoms with E-state index >= 15 is 0 Å². The number of carbonyl (C=O) groups is 1. The largest absolute Gasteiger partial charge is 0.372 e. The molecule has 2 aromatic rings. The van der Waals surface area contributed by atoms with Crippen molar-refractivity contribution in [2.45, 2.75) is 32.7 Å². The molecular formula is C17H22N4O2. The fraction of sp³-hybridized carbons (Fsp3) is 0.471. The number of hydrogen-bond donors (Lipinski definition) is 0. The van der Waals surface area contributed by atoms with E-state index in [-0.39, 0.29) is 11.9 Å². The van der Waals surface area contributed by atoms with Gasteiger partial charge in [-0.15, -0.1) is 0 Å². The lowest BCUT2D eigenvalue weighted by atomic mass is 10.1. The van der Waals surface area contributed by atoms with Crippen LogP contribution in [0, 0.1) is 6.92 Å². The van der Waals surface area contributed by atoms with E-state index in [1.807, 2.05) is 31.2 Å². The summed E-state index contributed by atoms with van der Waals surface area (Å²) in [6, 6.07) is 7.56. The number of nitrogens with zero attached hydrogens (tertiary/aromatic N) is 4. The standard InChI is InChI=1S/C17H22N4O2/c1-12(16-18-13(2)19-23-16)20(3)17(22)14-6-8-15(9-7-14)21-10-4-5-11-21/h6-9,12H,4-5,10-11H2,1-3H3. The zero-order chi connectivity index (χ0) is 16.4. The molecule has 1 aliphatic rings. The van der Waals surface area contributed by atoms with Gasteiger partial charge in [-0.2, -0.15) is 4.98 Å². The highest BCUT2D eigenvalue weighted by Crippen LogP contribution is 2.23. The molecule has 1 saturated heterocycles. The Hall–Kier alpha value is -2.37. The minimum Gasteiger partial charge on any atom is -0.372 e. The Bertz CT molecular complexity index is 674. The van der Waals surface area contributed by atoms with Crippen molar-refractivity contribution in [2.24, 2.45) is 0 Å². The Morgan fingerprint density at radius 3 is 2.48 bits per heavy atom. The van der Waals surface area contributed by atoms with Gasteiger partial charge >= 0.3 is 0 Å². The molecule has 1 unspecified atom stereocenters. The molecule has 1 aromatic carbocycles. The molecule has 3 rings (SSSR count). The lowest BCUT2D eigenvalue weighted by molar-refractivity contribution is 0.0716. The zero-order valence-corrected chi connectivity index (χ0v) is 13.8. The van der Waals surface area contributed by atoms with Crippen LogP contribution in [0.4, 0.5) is 5.69 Å². The predicted molar refractivity (Wildman–Crippen MR) is 87.4 cm³/mol. The van der Waals surface area contributed by atoms with Crippen molar-refractivity contribution in [2.75, 3.05) is 25.0 Å². The van der Waals surface area contributed by atoms with E-state index in [2.05, 4.69) is 15.0 Å². The molecule has 2 heterocycles. The number of aryl methyl sites for hydroxylation is 1. The minimum absolute atomic E-state index is 0.0543. The molecule has 122 valence electrons. The molecule has 1 aromatic heterocycles. The molecule has 6 heteroatoms. The Morgan fingerprint density at radius 2 is 1.91 bits per heavy atom. The Kier molecular flexibility index (Phi) is 4.32. The maximum atomic E-state index is 12.6. The first-order chi connectivity index (χ1) is 11.1. The summed E-state index contributed by atoms with van der Waals surface area (Å²) in [6.07, 6.45) is 2.48. The molecule has 1 fully saturated rings. The quantitative estimate of drug-likeness (QED) is 0.868. The second-order valence-electron chi connectivity index (χ2n) is 6.01. The topological polar surface area (TPSA) is 62.5 Å². The molecule has 0 spiro atoms. The van der Waals surface area contributed by atoms with E-state index in [0.717, 1.165) is 13.1 Å². The van der Waals surface area contributed by atoms with Gasteiger partial charge in [0.15, 0.2) is 5.82 Å². The van der Waals surface area contributed by atoms with Crippen LogP contribution in [0.2, 0.25) is 0 Å². The Balaban J connectivity index is 1.71. The summed E-state index contributed by atoms with van der Waals surface area (Å²) in [5, 5.41) is 3.78. The van der Waals surface area contributed by atoms with Gasteiger partial charge in [-0.3, -0.25) is 4.79 Å². The van der Waals surface area contributed by atoms with Gasteiger partial charge in [-0.25, -0.2) is 0 Å². The van der Waals surface area contributed by atoms with E-state index < -0.39 is 0 Å². The number of hydrogen-bond acceptors (Lipinski definition) is 5. The van der Waals surface area contributed by atoms with Gasteiger partial charge in [0, 0.05) is 31.4 Å². The summed E-state index contributed by atoms with van der Waals surface area (Å²) >= 11 is 0. The van der Waals surface area contributed by atoms with Crippen LogP contribution in [0.1, 0.15) is 47.9 Å². The van der Waals surface area contributed by atoms with E-state index in [0.29, 0.717) is 17.3 Å². The van der Waals surface area contributed by atoms with E-state index in [4.69, 9.17) is 4.52 Å². The van der Waals surface area contributed by atoms with Gasteiger partial charge in [0.2, 0.25) is 5.89 Å². The highest BCUT2D eigenvalue weighted by Gasteiger charge is 2.23. The maximum absolute atomic E-state index is 12.6. The molecule has 23 heavy (non-hydrogen) atoms. The fourth-order valence-corrected chi connectivity index (χ4v) is 2.82. The van der Waals surface area contributed by atoms with Crippen LogP contribution in [-0.2, 0) is 0 Å². The van der Waals surface area contributed by atoms with Crippen LogP contribution in [0.25, 0.3) is 0 Å². The molecule has 0 aliphatic carbocycles. The van der Waals surface area contributed by atoms with E-state index in [1.54, 1.807) is 18.9 Å². The van der Waals surface area contributed by atoms with Crippen molar-refractivity contribution >= 4 is 11.6 Å². The molecule has 0 N–H and O–H groups in total. The van der Waals surface area contributed by atoms with Gasteiger partial charge in [-0.05, 0) is 51.0 Å². The number of rotatable bonds is 4. The second kappa shape index (κ2) is 6.40. The second-order valence-corrected chi connectivity index (χ2v) is 6.01. The van der Waals surface area contributed by atoms with Crippen LogP contribution in [-0.4, -0.2) is 41.1 Å². The maximum Gasteiger partial charge on any atom is 0.254 e.